The normalized spacial score (nSPS) is 10.4. The molecule has 0 spiro atoms. The average molecular weight is 301 g/mol. The van der Waals surface area contributed by atoms with Gasteiger partial charge in [-0.05, 0) is 46.3 Å². The second kappa shape index (κ2) is 4.31. The van der Waals surface area contributed by atoms with Crippen LogP contribution in [0.15, 0.2) is 39.7 Å². The highest BCUT2D eigenvalue weighted by molar-refractivity contribution is 9.10. The van der Waals surface area contributed by atoms with Crippen LogP contribution in [-0.2, 0) is 0 Å². The summed E-state index contributed by atoms with van der Waals surface area (Å²) >= 11 is 8.24. The van der Waals surface area contributed by atoms with Gasteiger partial charge in [-0.3, -0.25) is 14.3 Å². The molecule has 0 fully saturated rings. The number of halogens is 2. The fourth-order valence-electron chi connectivity index (χ4n) is 1.28. The molecule has 1 aromatic carbocycles. The van der Waals surface area contributed by atoms with E-state index < -0.39 is 0 Å². The second-order valence-electron chi connectivity index (χ2n) is 3.08. The molecule has 2 rings (SSSR count). The van der Waals surface area contributed by atoms with Crippen molar-refractivity contribution < 1.29 is 4.39 Å². The molecule has 6 heteroatoms. The third kappa shape index (κ3) is 2.12. The number of aromatic nitrogens is 2. The maximum atomic E-state index is 12.9. The first kappa shape index (κ1) is 11.2. The third-order valence-corrected chi connectivity index (χ3v) is 2.93. The van der Waals surface area contributed by atoms with Crippen molar-refractivity contribution in [2.24, 2.45) is 0 Å². The van der Waals surface area contributed by atoms with Gasteiger partial charge >= 0.3 is 0 Å². The molecule has 0 aliphatic carbocycles. The molecule has 1 heterocycles. The lowest BCUT2D eigenvalue weighted by Gasteiger charge is -2.08. The zero-order valence-corrected chi connectivity index (χ0v) is 10.3. The summed E-state index contributed by atoms with van der Waals surface area (Å²) in [7, 11) is 0. The van der Waals surface area contributed by atoms with Gasteiger partial charge in [0.05, 0.1) is 5.69 Å². The van der Waals surface area contributed by atoms with Gasteiger partial charge in [0.15, 0.2) is 4.77 Å². The summed E-state index contributed by atoms with van der Waals surface area (Å²) in [4.78, 5) is 13.5. The van der Waals surface area contributed by atoms with Crippen molar-refractivity contribution in [1.29, 1.82) is 0 Å². The Kier molecular flexibility index (Phi) is 3.02. The number of hydrogen-bond acceptors (Lipinski definition) is 2. The van der Waals surface area contributed by atoms with Crippen LogP contribution in [0.4, 0.5) is 4.39 Å². The van der Waals surface area contributed by atoms with Crippen molar-refractivity contribution in [2.75, 3.05) is 0 Å². The van der Waals surface area contributed by atoms with E-state index in [2.05, 4.69) is 20.9 Å². The van der Waals surface area contributed by atoms with Gasteiger partial charge in [-0.2, -0.15) is 0 Å². The van der Waals surface area contributed by atoms with E-state index in [0.29, 0.717) is 10.2 Å². The Morgan fingerprint density at radius 3 is 2.75 bits per heavy atom. The molecular formula is C10H6BrFN2OS. The van der Waals surface area contributed by atoms with E-state index in [0.717, 1.165) is 0 Å². The number of nitrogens with zero attached hydrogens (tertiary/aromatic N) is 1. The molecule has 0 amide bonds. The van der Waals surface area contributed by atoms with Crippen molar-refractivity contribution in [1.82, 2.24) is 9.55 Å². The molecule has 3 nitrogen and oxygen atoms in total. The maximum Gasteiger partial charge on any atom is 0.251 e. The molecule has 82 valence electrons. The Morgan fingerprint density at radius 2 is 2.12 bits per heavy atom. The Bertz CT molecular complexity index is 650. The summed E-state index contributed by atoms with van der Waals surface area (Å²) in [6, 6.07) is 5.59. The molecule has 2 aromatic rings. The van der Waals surface area contributed by atoms with Gasteiger partial charge in [0.1, 0.15) is 5.82 Å². The zero-order chi connectivity index (χ0) is 11.7. The lowest BCUT2D eigenvalue weighted by molar-refractivity contribution is 0.626. The maximum absolute atomic E-state index is 12.9. The van der Waals surface area contributed by atoms with Crippen molar-refractivity contribution >= 4 is 28.1 Å². The monoisotopic (exact) mass is 300 g/mol. The number of aromatic amines is 1. The van der Waals surface area contributed by atoms with Crippen LogP contribution in [0.25, 0.3) is 5.69 Å². The summed E-state index contributed by atoms with van der Waals surface area (Å²) < 4.78 is 15.3. The predicted octanol–water partition coefficient (Wildman–Crippen LogP) is 2.80. The minimum Gasteiger partial charge on any atom is -0.299 e. The lowest BCUT2D eigenvalue weighted by Crippen LogP contribution is -2.10. The van der Waals surface area contributed by atoms with Crippen LogP contribution in [0.5, 0.6) is 0 Å². The smallest absolute Gasteiger partial charge is 0.251 e. The molecule has 0 aliphatic rings. The molecule has 1 N–H and O–H groups in total. The van der Waals surface area contributed by atoms with Gasteiger partial charge in [0.25, 0.3) is 5.56 Å². The van der Waals surface area contributed by atoms with E-state index in [9.17, 15) is 9.18 Å². The molecule has 0 aliphatic heterocycles. The molecule has 1 aromatic heterocycles. The van der Waals surface area contributed by atoms with Crippen molar-refractivity contribution in [3.63, 3.8) is 0 Å². The van der Waals surface area contributed by atoms with Gasteiger partial charge in [0, 0.05) is 16.7 Å². The Hall–Kier alpha value is -1.27. The van der Waals surface area contributed by atoms with Crippen LogP contribution >= 0.6 is 28.1 Å². The van der Waals surface area contributed by atoms with Gasteiger partial charge < -0.3 is 0 Å². The molecule has 0 bridgehead atoms. The SMILES string of the molecule is O=c1ccn(-c2ccc(F)cc2Br)c(=S)[nH]1. The van der Waals surface area contributed by atoms with E-state index in [-0.39, 0.29) is 16.1 Å². The van der Waals surface area contributed by atoms with Crippen molar-refractivity contribution in [3.05, 3.63) is 55.9 Å². The summed E-state index contributed by atoms with van der Waals surface area (Å²) in [6.45, 7) is 0. The Morgan fingerprint density at radius 1 is 1.38 bits per heavy atom. The summed E-state index contributed by atoms with van der Waals surface area (Å²) in [6.07, 6.45) is 1.54. The van der Waals surface area contributed by atoms with Crippen molar-refractivity contribution in [2.45, 2.75) is 0 Å². The fraction of sp³-hybridized carbons (Fsp3) is 0. The van der Waals surface area contributed by atoms with Gasteiger partial charge in [-0.1, -0.05) is 0 Å². The highest BCUT2D eigenvalue weighted by atomic mass is 79.9. The highest BCUT2D eigenvalue weighted by Gasteiger charge is 2.04. The number of nitrogens with one attached hydrogen (secondary N) is 1. The van der Waals surface area contributed by atoms with Gasteiger partial charge in [-0.25, -0.2) is 4.39 Å². The quantitative estimate of drug-likeness (QED) is 0.823. The highest BCUT2D eigenvalue weighted by Crippen LogP contribution is 2.21. The Labute approximate surface area is 104 Å². The zero-order valence-electron chi connectivity index (χ0n) is 7.91. The molecule has 0 atom stereocenters. The molecule has 0 saturated heterocycles. The standard InChI is InChI=1S/C10H6BrFN2OS/c11-7-5-6(12)1-2-8(7)14-4-3-9(15)13-10(14)16/h1-5H,(H,13,15,16). The van der Waals surface area contributed by atoms with Crippen LogP contribution in [0.2, 0.25) is 0 Å². The van der Waals surface area contributed by atoms with Crippen LogP contribution in [0.3, 0.4) is 0 Å². The predicted molar refractivity (Wildman–Crippen MR) is 64.9 cm³/mol. The van der Waals surface area contributed by atoms with Crippen molar-refractivity contribution in [3.8, 4) is 5.69 Å². The van der Waals surface area contributed by atoms with Crippen LogP contribution in [-0.4, -0.2) is 9.55 Å². The average Bonchev–Trinajstić information content (AvgIpc) is 2.19. The van der Waals surface area contributed by atoms with E-state index in [4.69, 9.17) is 12.2 Å². The van der Waals surface area contributed by atoms with Crippen LogP contribution in [0.1, 0.15) is 0 Å². The third-order valence-electron chi connectivity index (χ3n) is 1.99. The minimum atomic E-state index is -0.341. The van der Waals surface area contributed by atoms with Gasteiger partial charge in [-0.15, -0.1) is 0 Å². The summed E-state index contributed by atoms with van der Waals surface area (Å²) in [5, 5.41) is 0. The molecule has 0 radical (unpaired) electrons. The lowest BCUT2D eigenvalue weighted by atomic mass is 10.3. The minimum absolute atomic E-state index is 0.264. The van der Waals surface area contributed by atoms with E-state index >= 15 is 0 Å². The molecule has 16 heavy (non-hydrogen) atoms. The second-order valence-corrected chi connectivity index (χ2v) is 4.32. The first-order chi connectivity index (χ1) is 7.58. The molecule has 0 unspecified atom stereocenters. The van der Waals surface area contributed by atoms with Gasteiger partial charge in [0.2, 0.25) is 0 Å². The topological polar surface area (TPSA) is 37.8 Å². The first-order valence-corrected chi connectivity index (χ1v) is 5.55. The number of H-pyrrole nitrogens is 1. The van der Waals surface area contributed by atoms with E-state index in [1.807, 2.05) is 0 Å². The van der Waals surface area contributed by atoms with E-state index in [1.54, 1.807) is 16.8 Å². The molecule has 0 saturated carbocycles. The first-order valence-electron chi connectivity index (χ1n) is 4.35. The summed E-state index contributed by atoms with van der Waals surface area (Å²) in [5.74, 6) is -0.341. The van der Waals surface area contributed by atoms with Crippen LogP contribution in [0, 0.1) is 10.6 Å². The fourth-order valence-corrected chi connectivity index (χ4v) is 2.09. The number of rotatable bonds is 1. The van der Waals surface area contributed by atoms with Crippen LogP contribution < -0.4 is 5.56 Å². The van der Waals surface area contributed by atoms with E-state index in [1.165, 1.54) is 18.2 Å². The molecular weight excluding hydrogens is 295 g/mol. The number of benzene rings is 1. The summed E-state index contributed by atoms with van der Waals surface area (Å²) in [5.41, 5.74) is 0.405. The Balaban J connectivity index is 2.68. The number of hydrogen-bond donors (Lipinski definition) is 1. The largest absolute Gasteiger partial charge is 0.299 e.